The maximum atomic E-state index is 11.2. The monoisotopic (exact) mass is 234 g/mol. The van der Waals surface area contributed by atoms with E-state index >= 15 is 0 Å². The first kappa shape index (κ1) is 12.8. The summed E-state index contributed by atoms with van der Waals surface area (Å²) in [6.45, 7) is 0.105. The number of anilines is 1. The number of nitrogens with zero attached hydrogens (tertiary/aromatic N) is 1. The van der Waals surface area contributed by atoms with Crippen LogP contribution in [0.1, 0.15) is 12.8 Å². The highest BCUT2D eigenvalue weighted by atomic mass is 16.6. The van der Waals surface area contributed by atoms with Gasteiger partial charge in [-0.2, -0.15) is 5.26 Å². The number of benzene rings is 1. The molecule has 0 fully saturated rings. The summed E-state index contributed by atoms with van der Waals surface area (Å²) in [5.41, 5.74) is 6.14. The van der Waals surface area contributed by atoms with E-state index in [2.05, 4.69) is 0 Å². The van der Waals surface area contributed by atoms with Crippen molar-refractivity contribution in [2.75, 3.05) is 18.9 Å². The molecule has 1 rings (SSSR count). The van der Waals surface area contributed by atoms with E-state index in [1.54, 1.807) is 24.3 Å². The second-order valence-electron chi connectivity index (χ2n) is 3.34. The Labute approximate surface area is 99.7 Å². The minimum atomic E-state index is -0.445. The topological polar surface area (TPSA) is 85.3 Å². The van der Waals surface area contributed by atoms with Crippen LogP contribution in [0.25, 0.3) is 0 Å². The van der Waals surface area contributed by atoms with E-state index in [0.29, 0.717) is 24.3 Å². The molecule has 5 heteroatoms. The number of ether oxygens (including phenoxy) is 2. The Morgan fingerprint density at radius 3 is 2.71 bits per heavy atom. The highest BCUT2D eigenvalue weighted by Gasteiger charge is 2.03. The normalized spacial score (nSPS) is 9.35. The number of nitrogens with two attached hydrogens (primary N) is 1. The van der Waals surface area contributed by atoms with Gasteiger partial charge in [0, 0.05) is 12.1 Å². The van der Waals surface area contributed by atoms with E-state index in [-0.39, 0.29) is 13.2 Å². The lowest BCUT2D eigenvalue weighted by Gasteiger charge is -2.06. The minimum Gasteiger partial charge on any atom is -0.482 e. The first-order valence-electron chi connectivity index (χ1n) is 5.23. The zero-order chi connectivity index (χ0) is 12.5. The molecule has 0 saturated heterocycles. The molecule has 0 heterocycles. The van der Waals surface area contributed by atoms with Gasteiger partial charge in [-0.05, 0) is 30.7 Å². The summed E-state index contributed by atoms with van der Waals surface area (Å²) < 4.78 is 10.0. The summed E-state index contributed by atoms with van der Waals surface area (Å²) in [5.74, 6) is 0.118. The lowest BCUT2D eigenvalue weighted by molar-refractivity contribution is -0.146. The Balaban J connectivity index is 2.19. The van der Waals surface area contributed by atoms with Crippen LogP contribution >= 0.6 is 0 Å². The number of carbonyl (C=O) groups excluding carboxylic acids is 1. The predicted octanol–water partition coefficient (Wildman–Crippen LogP) is 1.49. The molecule has 0 aliphatic rings. The van der Waals surface area contributed by atoms with Gasteiger partial charge in [-0.1, -0.05) is 0 Å². The average Bonchev–Trinajstić information content (AvgIpc) is 2.34. The molecule has 0 amide bonds. The molecule has 5 nitrogen and oxygen atoms in total. The molecule has 0 atom stereocenters. The summed E-state index contributed by atoms with van der Waals surface area (Å²) in [6, 6.07) is 8.70. The zero-order valence-electron chi connectivity index (χ0n) is 9.39. The number of rotatable bonds is 6. The molecule has 0 saturated carbocycles. The average molecular weight is 234 g/mol. The number of esters is 1. The molecule has 0 radical (unpaired) electrons. The zero-order valence-corrected chi connectivity index (χ0v) is 9.39. The van der Waals surface area contributed by atoms with Gasteiger partial charge >= 0.3 is 5.97 Å². The van der Waals surface area contributed by atoms with Crippen molar-refractivity contribution in [3.8, 4) is 11.8 Å². The Kier molecular flexibility index (Phi) is 5.38. The van der Waals surface area contributed by atoms with E-state index in [1.807, 2.05) is 6.07 Å². The Morgan fingerprint density at radius 1 is 1.35 bits per heavy atom. The molecule has 1 aromatic carbocycles. The maximum Gasteiger partial charge on any atom is 0.344 e. The van der Waals surface area contributed by atoms with Gasteiger partial charge in [0.15, 0.2) is 6.61 Å². The fourth-order valence-electron chi connectivity index (χ4n) is 1.09. The molecule has 0 bridgehead atoms. The standard InChI is InChI=1S/C12H14N2O3/c13-7-1-2-8-16-12(15)9-17-11-5-3-10(14)4-6-11/h3-6H,1-2,8-9,14H2. The Morgan fingerprint density at radius 2 is 2.06 bits per heavy atom. The van der Waals surface area contributed by atoms with Gasteiger partial charge in [0.2, 0.25) is 0 Å². The van der Waals surface area contributed by atoms with Crippen molar-refractivity contribution in [2.24, 2.45) is 0 Å². The molecule has 0 aliphatic heterocycles. The second kappa shape index (κ2) is 7.12. The van der Waals surface area contributed by atoms with Crippen LogP contribution < -0.4 is 10.5 Å². The van der Waals surface area contributed by atoms with Gasteiger partial charge in [-0.15, -0.1) is 0 Å². The van der Waals surface area contributed by atoms with Gasteiger partial charge in [0.1, 0.15) is 5.75 Å². The SMILES string of the molecule is N#CCCCOC(=O)COc1ccc(N)cc1. The third-order valence-electron chi connectivity index (χ3n) is 1.93. The van der Waals surface area contributed by atoms with Crippen molar-refractivity contribution in [2.45, 2.75) is 12.8 Å². The van der Waals surface area contributed by atoms with Crippen molar-refractivity contribution in [3.63, 3.8) is 0 Å². The molecular weight excluding hydrogens is 220 g/mol. The number of hydrogen-bond donors (Lipinski definition) is 1. The van der Waals surface area contributed by atoms with Gasteiger partial charge in [-0.3, -0.25) is 0 Å². The highest BCUT2D eigenvalue weighted by Crippen LogP contribution is 2.12. The van der Waals surface area contributed by atoms with E-state index in [0.717, 1.165) is 0 Å². The van der Waals surface area contributed by atoms with Gasteiger partial charge < -0.3 is 15.2 Å². The minimum absolute atomic E-state index is 0.142. The van der Waals surface area contributed by atoms with Crippen LogP contribution in [-0.4, -0.2) is 19.2 Å². The number of unbranched alkanes of at least 4 members (excludes halogenated alkanes) is 1. The third-order valence-corrected chi connectivity index (χ3v) is 1.93. The van der Waals surface area contributed by atoms with E-state index in [4.69, 9.17) is 20.5 Å². The third kappa shape index (κ3) is 5.42. The number of hydrogen-bond acceptors (Lipinski definition) is 5. The van der Waals surface area contributed by atoms with Crippen LogP contribution in [0.5, 0.6) is 5.75 Å². The highest BCUT2D eigenvalue weighted by molar-refractivity contribution is 5.71. The first-order valence-corrected chi connectivity index (χ1v) is 5.23. The smallest absolute Gasteiger partial charge is 0.344 e. The largest absolute Gasteiger partial charge is 0.482 e. The van der Waals surface area contributed by atoms with Crippen LogP contribution in [0.3, 0.4) is 0 Å². The molecule has 0 unspecified atom stereocenters. The van der Waals surface area contributed by atoms with E-state index in [9.17, 15) is 4.79 Å². The second-order valence-corrected chi connectivity index (χ2v) is 3.34. The summed E-state index contributed by atoms with van der Waals surface area (Å²) in [6.07, 6.45) is 0.927. The summed E-state index contributed by atoms with van der Waals surface area (Å²) in [4.78, 5) is 11.2. The van der Waals surface area contributed by atoms with Crippen molar-refractivity contribution in [1.82, 2.24) is 0 Å². The van der Waals surface area contributed by atoms with Crippen molar-refractivity contribution in [1.29, 1.82) is 5.26 Å². The molecule has 17 heavy (non-hydrogen) atoms. The summed E-state index contributed by atoms with van der Waals surface area (Å²) in [7, 11) is 0. The fraction of sp³-hybridized carbons (Fsp3) is 0.333. The van der Waals surface area contributed by atoms with Crippen molar-refractivity contribution >= 4 is 11.7 Å². The number of nitriles is 1. The maximum absolute atomic E-state index is 11.2. The number of carbonyl (C=O) groups is 1. The summed E-state index contributed by atoms with van der Waals surface area (Å²) in [5, 5.41) is 8.28. The molecule has 0 aliphatic carbocycles. The van der Waals surface area contributed by atoms with Crippen LogP contribution in [0.4, 0.5) is 5.69 Å². The first-order chi connectivity index (χ1) is 8.22. The Hall–Kier alpha value is -2.22. The summed E-state index contributed by atoms with van der Waals surface area (Å²) >= 11 is 0. The molecule has 90 valence electrons. The van der Waals surface area contributed by atoms with Crippen LogP contribution in [0.15, 0.2) is 24.3 Å². The van der Waals surface area contributed by atoms with Gasteiger partial charge in [0.05, 0.1) is 12.7 Å². The van der Waals surface area contributed by atoms with Gasteiger partial charge in [0.25, 0.3) is 0 Å². The van der Waals surface area contributed by atoms with E-state index in [1.165, 1.54) is 0 Å². The molecular formula is C12H14N2O3. The molecule has 2 N–H and O–H groups in total. The molecule has 0 spiro atoms. The van der Waals surface area contributed by atoms with Crippen molar-refractivity contribution < 1.29 is 14.3 Å². The van der Waals surface area contributed by atoms with Gasteiger partial charge in [-0.25, -0.2) is 4.79 Å². The molecule has 0 aromatic heterocycles. The Bertz CT molecular complexity index is 395. The lowest BCUT2D eigenvalue weighted by Crippen LogP contribution is -2.15. The van der Waals surface area contributed by atoms with Crippen LogP contribution in [0.2, 0.25) is 0 Å². The van der Waals surface area contributed by atoms with Crippen LogP contribution in [0, 0.1) is 11.3 Å². The lowest BCUT2D eigenvalue weighted by atomic mass is 10.3. The fourth-order valence-corrected chi connectivity index (χ4v) is 1.09. The quantitative estimate of drug-likeness (QED) is 0.458. The van der Waals surface area contributed by atoms with Crippen molar-refractivity contribution in [3.05, 3.63) is 24.3 Å². The van der Waals surface area contributed by atoms with Crippen LogP contribution in [-0.2, 0) is 9.53 Å². The van der Waals surface area contributed by atoms with E-state index < -0.39 is 5.97 Å². The number of nitrogen functional groups attached to an aromatic ring is 1. The molecule has 1 aromatic rings. The predicted molar refractivity (Wildman–Crippen MR) is 62.2 cm³/mol.